The molecule has 2 aromatic carbocycles. The van der Waals surface area contributed by atoms with Gasteiger partial charge in [0.2, 0.25) is 0 Å². The lowest BCUT2D eigenvalue weighted by Gasteiger charge is -2.25. The summed E-state index contributed by atoms with van der Waals surface area (Å²) in [5.74, 6) is -2.24. The molecule has 9 heteroatoms. The summed E-state index contributed by atoms with van der Waals surface area (Å²) in [7, 11) is 0. The van der Waals surface area contributed by atoms with Gasteiger partial charge in [-0.25, -0.2) is 9.80 Å². The van der Waals surface area contributed by atoms with E-state index in [0.29, 0.717) is 17.0 Å². The number of carbonyl (C=O) groups is 2. The molecule has 0 fully saturated rings. The Labute approximate surface area is 173 Å². The molecule has 1 heterocycles. The molecule has 0 aromatic heterocycles. The maximum Gasteiger partial charge on any atom is 0.332 e. The van der Waals surface area contributed by atoms with Crippen molar-refractivity contribution in [2.75, 3.05) is 18.2 Å². The normalized spacial score (nSPS) is 17.9. The van der Waals surface area contributed by atoms with Gasteiger partial charge in [-0.15, -0.1) is 0 Å². The zero-order chi connectivity index (χ0) is 21.7. The second kappa shape index (κ2) is 9.17. The first kappa shape index (κ1) is 21.0. The predicted molar refractivity (Wildman–Crippen MR) is 109 cm³/mol. The van der Waals surface area contributed by atoms with Crippen LogP contribution in [-0.4, -0.2) is 41.8 Å². The molecule has 2 aromatic rings. The number of nitrogens with zero attached hydrogens (tertiary/aromatic N) is 3. The number of nitro benzene ring substituents is 1. The number of benzene rings is 2. The summed E-state index contributed by atoms with van der Waals surface area (Å²) in [4.78, 5) is 36.1. The van der Waals surface area contributed by atoms with Gasteiger partial charge in [-0.3, -0.25) is 14.9 Å². The van der Waals surface area contributed by atoms with Crippen molar-refractivity contribution in [1.29, 1.82) is 0 Å². The van der Waals surface area contributed by atoms with Gasteiger partial charge < -0.3 is 9.47 Å². The van der Waals surface area contributed by atoms with Crippen molar-refractivity contribution in [1.82, 2.24) is 0 Å². The van der Waals surface area contributed by atoms with E-state index in [-0.39, 0.29) is 18.9 Å². The Morgan fingerprint density at radius 2 is 1.60 bits per heavy atom. The summed E-state index contributed by atoms with van der Waals surface area (Å²) in [5.41, 5.74) is 1.35. The molecule has 0 aliphatic carbocycles. The average Bonchev–Trinajstić information content (AvgIpc) is 3.15. The van der Waals surface area contributed by atoms with E-state index < -0.39 is 28.8 Å². The largest absolute Gasteiger partial charge is 0.465 e. The number of ether oxygens (including phenoxy) is 2. The fourth-order valence-electron chi connectivity index (χ4n) is 3.26. The van der Waals surface area contributed by atoms with E-state index >= 15 is 0 Å². The molecule has 0 bridgehead atoms. The van der Waals surface area contributed by atoms with Crippen LogP contribution in [0.4, 0.5) is 11.4 Å². The van der Waals surface area contributed by atoms with Crippen LogP contribution in [0.3, 0.4) is 0 Å². The van der Waals surface area contributed by atoms with Crippen molar-refractivity contribution in [3.63, 3.8) is 0 Å². The lowest BCUT2D eigenvalue weighted by atomic mass is 9.91. The molecule has 0 spiro atoms. The third-order valence-electron chi connectivity index (χ3n) is 4.55. The Hall–Kier alpha value is -3.75. The number of hydrogen-bond donors (Lipinski definition) is 0. The molecular formula is C21H21N3O6. The Bertz CT molecular complexity index is 958. The summed E-state index contributed by atoms with van der Waals surface area (Å²) < 4.78 is 10.4. The highest BCUT2D eigenvalue weighted by atomic mass is 16.6. The minimum Gasteiger partial charge on any atom is -0.465 e. The van der Waals surface area contributed by atoms with Crippen molar-refractivity contribution >= 4 is 29.0 Å². The topological polar surface area (TPSA) is 111 Å². The van der Waals surface area contributed by atoms with Gasteiger partial charge in [0.15, 0.2) is 6.04 Å². The van der Waals surface area contributed by atoms with Crippen LogP contribution in [-0.2, 0) is 19.1 Å². The standard InChI is InChI=1S/C21H21N3O6/c1-3-29-20(25)17-18(14-8-6-5-7-9-14)22-23(19(17)21(26)30-4-2)15-10-12-16(13-11-15)24(27)28/h5-13,17,19H,3-4H2,1-2H3. The van der Waals surface area contributed by atoms with E-state index in [4.69, 9.17) is 9.47 Å². The number of nitro groups is 1. The number of hydrogen-bond acceptors (Lipinski definition) is 8. The molecular weight excluding hydrogens is 390 g/mol. The van der Waals surface area contributed by atoms with Crippen LogP contribution in [0, 0.1) is 16.0 Å². The van der Waals surface area contributed by atoms with Gasteiger partial charge in [-0.1, -0.05) is 30.3 Å². The molecule has 3 rings (SSSR count). The molecule has 1 aliphatic rings. The number of non-ortho nitro benzene ring substituents is 1. The minimum absolute atomic E-state index is 0.0974. The van der Waals surface area contributed by atoms with Crippen LogP contribution < -0.4 is 5.01 Å². The number of anilines is 1. The van der Waals surface area contributed by atoms with E-state index in [1.54, 1.807) is 38.1 Å². The summed E-state index contributed by atoms with van der Waals surface area (Å²) in [6.07, 6.45) is 0. The first-order valence-corrected chi connectivity index (χ1v) is 9.48. The molecule has 0 amide bonds. The highest BCUT2D eigenvalue weighted by Crippen LogP contribution is 2.33. The van der Waals surface area contributed by atoms with Gasteiger partial charge in [0.25, 0.3) is 5.69 Å². The lowest BCUT2D eigenvalue weighted by Crippen LogP contribution is -2.45. The Kier molecular flexibility index (Phi) is 6.41. The molecule has 1 aliphatic heterocycles. The maximum atomic E-state index is 12.8. The quantitative estimate of drug-likeness (QED) is 0.391. The number of esters is 2. The third kappa shape index (κ3) is 4.14. The minimum atomic E-state index is -1.10. The Morgan fingerprint density at radius 1 is 1.00 bits per heavy atom. The van der Waals surface area contributed by atoms with E-state index in [1.165, 1.54) is 29.3 Å². The highest BCUT2D eigenvalue weighted by Gasteiger charge is 2.49. The number of carbonyl (C=O) groups excluding carboxylic acids is 2. The third-order valence-corrected chi connectivity index (χ3v) is 4.55. The SMILES string of the molecule is CCOC(=O)C1C(c2ccccc2)=NN(c2ccc([N+](=O)[O-])cc2)C1C(=O)OCC. The summed E-state index contributed by atoms with van der Waals surface area (Å²) in [6.45, 7) is 3.62. The fraction of sp³-hybridized carbons (Fsp3) is 0.286. The highest BCUT2D eigenvalue weighted by molar-refractivity contribution is 6.17. The summed E-state index contributed by atoms with van der Waals surface area (Å²) in [5, 5.41) is 16.9. The van der Waals surface area contributed by atoms with E-state index in [1.807, 2.05) is 6.07 Å². The van der Waals surface area contributed by atoms with Gasteiger partial charge in [0, 0.05) is 12.1 Å². The van der Waals surface area contributed by atoms with Gasteiger partial charge in [0.1, 0.15) is 5.92 Å². The monoisotopic (exact) mass is 411 g/mol. The van der Waals surface area contributed by atoms with Gasteiger partial charge >= 0.3 is 11.9 Å². The van der Waals surface area contributed by atoms with Crippen molar-refractivity contribution in [2.45, 2.75) is 19.9 Å². The zero-order valence-corrected chi connectivity index (χ0v) is 16.6. The predicted octanol–water partition coefficient (Wildman–Crippen LogP) is 2.93. The smallest absolute Gasteiger partial charge is 0.332 e. The van der Waals surface area contributed by atoms with E-state index in [9.17, 15) is 19.7 Å². The number of hydrazone groups is 1. The molecule has 156 valence electrons. The van der Waals surface area contributed by atoms with Crippen molar-refractivity contribution in [3.8, 4) is 0 Å². The van der Waals surface area contributed by atoms with E-state index in [0.717, 1.165) is 0 Å². The Morgan fingerprint density at radius 3 is 2.17 bits per heavy atom. The second-order valence-electron chi connectivity index (χ2n) is 6.40. The molecule has 0 radical (unpaired) electrons. The number of rotatable bonds is 7. The fourth-order valence-corrected chi connectivity index (χ4v) is 3.26. The molecule has 2 atom stereocenters. The van der Waals surface area contributed by atoms with E-state index in [2.05, 4.69) is 5.10 Å². The van der Waals surface area contributed by atoms with Gasteiger partial charge in [-0.05, 0) is 31.5 Å². The molecule has 0 N–H and O–H groups in total. The first-order valence-electron chi connectivity index (χ1n) is 9.48. The summed E-state index contributed by atoms with van der Waals surface area (Å²) in [6, 6.07) is 13.5. The van der Waals surface area contributed by atoms with Crippen LogP contribution in [0.1, 0.15) is 19.4 Å². The zero-order valence-electron chi connectivity index (χ0n) is 16.6. The lowest BCUT2D eigenvalue weighted by molar-refractivity contribution is -0.384. The van der Waals surface area contributed by atoms with Gasteiger partial charge in [0.05, 0.1) is 29.5 Å². The molecule has 9 nitrogen and oxygen atoms in total. The van der Waals surface area contributed by atoms with Crippen molar-refractivity contribution in [2.24, 2.45) is 11.0 Å². The second-order valence-corrected chi connectivity index (χ2v) is 6.40. The van der Waals surface area contributed by atoms with Crippen molar-refractivity contribution in [3.05, 3.63) is 70.3 Å². The molecule has 0 saturated heterocycles. The van der Waals surface area contributed by atoms with Crippen molar-refractivity contribution < 1.29 is 24.0 Å². The van der Waals surface area contributed by atoms with Crippen LogP contribution in [0.2, 0.25) is 0 Å². The van der Waals surface area contributed by atoms with Gasteiger partial charge in [-0.2, -0.15) is 5.10 Å². The van der Waals surface area contributed by atoms with Crippen LogP contribution in [0.25, 0.3) is 0 Å². The molecule has 30 heavy (non-hydrogen) atoms. The Balaban J connectivity index is 2.11. The van der Waals surface area contributed by atoms with Crippen LogP contribution in [0.5, 0.6) is 0 Å². The first-order chi connectivity index (χ1) is 14.5. The van der Waals surface area contributed by atoms with Crippen LogP contribution in [0.15, 0.2) is 59.7 Å². The average molecular weight is 411 g/mol. The molecule has 0 saturated carbocycles. The summed E-state index contributed by atoms with van der Waals surface area (Å²) >= 11 is 0. The van der Waals surface area contributed by atoms with Crippen LogP contribution >= 0.6 is 0 Å². The maximum absolute atomic E-state index is 12.8. The molecule has 2 unspecified atom stereocenters.